The highest BCUT2D eigenvalue weighted by Gasteiger charge is 2.57. The quantitative estimate of drug-likeness (QED) is 0.0972. The molecule has 5 rings (SSSR count). The number of hydrogen-bond donors (Lipinski definition) is 2. The summed E-state index contributed by atoms with van der Waals surface area (Å²) in [6, 6.07) is 17.2. The number of non-ortho nitro benzene ring substituents is 1. The van der Waals surface area contributed by atoms with Crippen LogP contribution >= 0.6 is 0 Å². The summed E-state index contributed by atoms with van der Waals surface area (Å²) >= 11 is 0. The Bertz CT molecular complexity index is 1860. The predicted molar refractivity (Wildman–Crippen MR) is 181 cm³/mol. The van der Waals surface area contributed by atoms with Crippen LogP contribution in [0.2, 0.25) is 0 Å². The second-order valence-corrected chi connectivity index (χ2v) is 12.2. The molecule has 1 aromatic heterocycles. The van der Waals surface area contributed by atoms with Gasteiger partial charge in [0.1, 0.15) is 6.10 Å². The number of aliphatic hydroxyl groups is 1. The minimum Gasteiger partial charge on any atom is -0.493 e. The number of amides is 1. The molecule has 2 N–H and O–H groups in total. The molecule has 1 aliphatic rings. The number of halogens is 3. The van der Waals surface area contributed by atoms with E-state index in [0.717, 1.165) is 11.6 Å². The molecule has 0 bridgehead atoms. The lowest BCUT2D eigenvalue weighted by atomic mass is 9.91. The Kier molecular flexibility index (Phi) is 11.5. The van der Waals surface area contributed by atoms with E-state index >= 15 is 0 Å². The number of aromatic nitrogens is 1. The van der Waals surface area contributed by atoms with Gasteiger partial charge in [-0.2, -0.15) is 13.2 Å². The van der Waals surface area contributed by atoms with Crippen molar-refractivity contribution in [3.05, 3.63) is 99.7 Å². The number of alkyl halides is 3. The fraction of sp³-hybridized carbons (Fsp3) is 0.389. The Balaban J connectivity index is 1.29. The summed E-state index contributed by atoms with van der Waals surface area (Å²) in [5, 5.41) is 25.8. The Morgan fingerprint density at radius 3 is 2.41 bits per heavy atom. The number of nitro benzene ring substituents is 1. The van der Waals surface area contributed by atoms with E-state index in [1.165, 1.54) is 41.0 Å². The van der Waals surface area contributed by atoms with Gasteiger partial charge in [0.25, 0.3) is 11.6 Å². The number of likely N-dealkylation sites (tertiary alicyclic amines) is 1. The van der Waals surface area contributed by atoms with Crippen molar-refractivity contribution in [1.29, 1.82) is 0 Å². The Morgan fingerprint density at radius 1 is 1.04 bits per heavy atom. The minimum atomic E-state index is -5.08. The van der Waals surface area contributed by atoms with Crippen LogP contribution in [0.4, 0.5) is 18.9 Å². The fourth-order valence-electron chi connectivity index (χ4n) is 6.17. The second-order valence-electron chi connectivity index (χ2n) is 12.2. The molecule has 51 heavy (non-hydrogen) atoms. The highest BCUT2D eigenvalue weighted by Crippen LogP contribution is 2.44. The van der Waals surface area contributed by atoms with E-state index in [2.05, 4.69) is 5.32 Å². The van der Waals surface area contributed by atoms with Crippen LogP contribution in [0.3, 0.4) is 0 Å². The topological polar surface area (TPSA) is 145 Å². The maximum absolute atomic E-state index is 14.9. The number of benzene rings is 3. The van der Waals surface area contributed by atoms with Gasteiger partial charge in [0.15, 0.2) is 11.5 Å². The maximum atomic E-state index is 14.9. The van der Waals surface area contributed by atoms with Crippen molar-refractivity contribution >= 4 is 28.5 Å². The smallest absolute Gasteiger partial charge is 0.422 e. The molecule has 1 amide bonds. The number of nitrogens with one attached hydrogen (secondary N) is 1. The molecule has 1 unspecified atom stereocenters. The Morgan fingerprint density at radius 2 is 1.76 bits per heavy atom. The lowest BCUT2D eigenvalue weighted by Gasteiger charge is -2.39. The Labute approximate surface area is 291 Å². The summed E-state index contributed by atoms with van der Waals surface area (Å²) in [5.41, 5.74) is -2.70. The monoisotopic (exact) mass is 712 g/mol. The number of carbonyl (C=O) groups excluding carboxylic acids is 2. The molecule has 12 nitrogen and oxygen atoms in total. The largest absolute Gasteiger partial charge is 0.493 e. The van der Waals surface area contributed by atoms with E-state index in [1.54, 1.807) is 49.4 Å². The third kappa shape index (κ3) is 8.60. The molecule has 0 spiro atoms. The number of nitro groups is 1. The maximum Gasteiger partial charge on any atom is 0.422 e. The van der Waals surface area contributed by atoms with Crippen LogP contribution in [0.15, 0.2) is 72.9 Å². The lowest BCUT2D eigenvalue weighted by Crippen LogP contribution is -2.53. The average Bonchev–Trinajstić information content (AvgIpc) is 3.47. The predicted octanol–water partition coefficient (Wildman–Crippen LogP) is 5.58. The molecule has 0 aliphatic carbocycles. The third-order valence-corrected chi connectivity index (χ3v) is 8.81. The Hall–Kier alpha value is -5.15. The van der Waals surface area contributed by atoms with E-state index in [1.807, 2.05) is 0 Å². The second kappa shape index (κ2) is 15.8. The van der Waals surface area contributed by atoms with Crippen molar-refractivity contribution in [1.82, 2.24) is 14.8 Å². The zero-order valence-electron chi connectivity index (χ0n) is 28.2. The molecule has 1 atom stereocenters. The SMILES string of the molecule is CCOC(=O)CCNC(=O)c1ccc(OC2CCN(CC(O)(c3cn(Cc4ccccc4)c4cc([N+](=O)[O-])ccc34)C(F)(F)F)CC2)c(OC)c1. The first-order valence-electron chi connectivity index (χ1n) is 16.4. The van der Waals surface area contributed by atoms with Gasteiger partial charge in [-0.25, -0.2) is 0 Å². The first-order valence-corrected chi connectivity index (χ1v) is 16.4. The van der Waals surface area contributed by atoms with Crippen molar-refractivity contribution in [3.63, 3.8) is 0 Å². The van der Waals surface area contributed by atoms with E-state index < -0.39 is 35.1 Å². The van der Waals surface area contributed by atoms with Crippen molar-refractivity contribution in [2.24, 2.45) is 0 Å². The number of β-amino-alcohol motifs (C(OH)–C–C–N with tert-alkyl or cyclic N) is 1. The zero-order valence-corrected chi connectivity index (χ0v) is 28.2. The minimum absolute atomic E-state index is 0.0271. The van der Waals surface area contributed by atoms with Crippen LogP contribution in [0.25, 0.3) is 10.9 Å². The number of ether oxygens (including phenoxy) is 3. The van der Waals surface area contributed by atoms with E-state index in [4.69, 9.17) is 14.2 Å². The summed E-state index contributed by atoms with van der Waals surface area (Å²) < 4.78 is 62.6. The van der Waals surface area contributed by atoms with Gasteiger partial charge in [0, 0.05) is 67.6 Å². The van der Waals surface area contributed by atoms with Gasteiger partial charge in [0.05, 0.1) is 30.6 Å². The van der Waals surface area contributed by atoms with Gasteiger partial charge in [-0.05, 0) is 49.6 Å². The molecule has 4 aromatic rings. The zero-order chi connectivity index (χ0) is 36.8. The van der Waals surface area contributed by atoms with Crippen LogP contribution in [0.1, 0.15) is 47.7 Å². The lowest BCUT2D eigenvalue weighted by molar-refractivity contribution is -0.384. The number of esters is 1. The summed E-state index contributed by atoms with van der Waals surface area (Å²) in [5.74, 6) is -0.204. The standard InChI is InChI=1S/C36H39F3N4O8/c1-3-50-33(44)13-16-40-34(45)25-9-12-31(32(19-25)49-2)51-27-14-17-41(18-15-27)23-35(46,36(37,38)39)29-22-42(21-24-7-5-4-6-8-24)30-20-26(43(47)48)10-11-28(29)30/h4-12,19-20,22,27,46H,3,13-18,21,23H2,1-2H3,(H,40,45). The molecule has 1 saturated heterocycles. The van der Waals surface area contributed by atoms with Crippen molar-refractivity contribution in [3.8, 4) is 11.5 Å². The third-order valence-electron chi connectivity index (χ3n) is 8.81. The summed E-state index contributed by atoms with van der Waals surface area (Å²) in [4.78, 5) is 36.6. The van der Waals surface area contributed by atoms with Crippen molar-refractivity contribution in [2.45, 2.75) is 50.6 Å². The fourth-order valence-corrected chi connectivity index (χ4v) is 6.17. The van der Waals surface area contributed by atoms with Gasteiger partial charge in [-0.1, -0.05) is 30.3 Å². The van der Waals surface area contributed by atoms with Gasteiger partial charge < -0.3 is 29.2 Å². The first-order chi connectivity index (χ1) is 24.3. The van der Waals surface area contributed by atoms with E-state index in [9.17, 15) is 38.0 Å². The average molecular weight is 713 g/mol. The molecule has 2 heterocycles. The van der Waals surface area contributed by atoms with Gasteiger partial charge in [-0.3, -0.25) is 24.6 Å². The number of carbonyl (C=O) groups is 2. The van der Waals surface area contributed by atoms with Crippen LogP contribution in [0, 0.1) is 10.1 Å². The van der Waals surface area contributed by atoms with Crippen LogP contribution in [-0.2, 0) is 21.7 Å². The molecule has 1 aliphatic heterocycles. The van der Waals surface area contributed by atoms with E-state index in [-0.39, 0.29) is 78.8 Å². The number of rotatable bonds is 14. The van der Waals surface area contributed by atoms with Gasteiger partial charge in [-0.15, -0.1) is 0 Å². The van der Waals surface area contributed by atoms with Crippen molar-refractivity contribution < 1.29 is 47.0 Å². The number of methoxy groups -OCH3 is 1. The van der Waals surface area contributed by atoms with Gasteiger partial charge >= 0.3 is 12.1 Å². The van der Waals surface area contributed by atoms with Crippen LogP contribution < -0.4 is 14.8 Å². The summed E-state index contributed by atoms with van der Waals surface area (Å²) in [6.45, 7) is 1.78. The molecule has 15 heteroatoms. The highest BCUT2D eigenvalue weighted by molar-refractivity contribution is 5.95. The first kappa shape index (κ1) is 37.1. The molecule has 0 saturated carbocycles. The highest BCUT2D eigenvalue weighted by atomic mass is 19.4. The number of piperidine rings is 1. The molecule has 3 aromatic carbocycles. The van der Waals surface area contributed by atoms with Crippen molar-refractivity contribution in [2.75, 3.05) is 39.9 Å². The van der Waals surface area contributed by atoms with E-state index in [0.29, 0.717) is 18.6 Å². The summed E-state index contributed by atoms with van der Waals surface area (Å²) in [7, 11) is 1.42. The number of fused-ring (bicyclic) bond motifs is 1. The van der Waals surface area contributed by atoms with Gasteiger partial charge in [0.2, 0.25) is 5.60 Å². The number of hydrogen-bond acceptors (Lipinski definition) is 9. The normalized spacial score (nSPS) is 15.3. The molecular formula is C36H39F3N4O8. The molecule has 0 radical (unpaired) electrons. The summed E-state index contributed by atoms with van der Waals surface area (Å²) in [6.07, 6.45) is -3.51. The molecular weight excluding hydrogens is 673 g/mol. The van der Waals surface area contributed by atoms with Crippen LogP contribution in [0.5, 0.6) is 11.5 Å². The molecule has 272 valence electrons. The molecule has 1 fully saturated rings. The number of nitrogens with zero attached hydrogens (tertiary/aromatic N) is 3. The van der Waals surface area contributed by atoms with Crippen LogP contribution in [-0.4, -0.2) is 83.5 Å².